The number of likely N-dealkylation sites (tertiary alicyclic amines) is 1. The molecule has 1 amide bonds. The van der Waals surface area contributed by atoms with Crippen LogP contribution in [0.3, 0.4) is 0 Å². The lowest BCUT2D eigenvalue weighted by Gasteiger charge is -2.48. The van der Waals surface area contributed by atoms with Gasteiger partial charge in [0.1, 0.15) is 0 Å². The number of alkyl halides is 2. The highest BCUT2D eigenvalue weighted by molar-refractivity contribution is 5.80. The maximum Gasteiger partial charge on any atom is 0.248 e. The van der Waals surface area contributed by atoms with Crippen LogP contribution in [0.25, 0.3) is 0 Å². The highest BCUT2D eigenvalue weighted by Crippen LogP contribution is 2.38. The van der Waals surface area contributed by atoms with E-state index in [1.54, 1.807) is 4.90 Å². The molecule has 0 aromatic rings. The molecule has 18 heavy (non-hydrogen) atoms. The number of amides is 1. The molecule has 2 aliphatic rings. The lowest BCUT2D eigenvalue weighted by Crippen LogP contribution is -2.64. The summed E-state index contributed by atoms with van der Waals surface area (Å²) in [7, 11) is 0. The van der Waals surface area contributed by atoms with Gasteiger partial charge in [0.25, 0.3) is 0 Å². The van der Waals surface area contributed by atoms with Gasteiger partial charge in [-0.05, 0) is 19.3 Å². The van der Waals surface area contributed by atoms with Crippen LogP contribution in [-0.2, 0) is 4.79 Å². The van der Waals surface area contributed by atoms with E-state index in [-0.39, 0.29) is 37.5 Å². The first-order chi connectivity index (χ1) is 8.35. The van der Waals surface area contributed by atoms with Crippen molar-refractivity contribution in [2.45, 2.75) is 57.0 Å². The molecule has 0 atom stereocenters. The Kier molecular flexibility index (Phi) is 3.63. The molecule has 2 rings (SSSR count). The van der Waals surface area contributed by atoms with Crippen molar-refractivity contribution in [3.63, 3.8) is 0 Å². The Labute approximate surface area is 106 Å². The molecule has 3 nitrogen and oxygen atoms in total. The zero-order valence-electron chi connectivity index (χ0n) is 10.8. The second-order valence-corrected chi connectivity index (χ2v) is 5.80. The maximum absolute atomic E-state index is 13.0. The lowest BCUT2D eigenvalue weighted by atomic mass is 9.83. The van der Waals surface area contributed by atoms with Crippen LogP contribution in [0, 0.1) is 5.92 Å². The summed E-state index contributed by atoms with van der Waals surface area (Å²) in [6, 6.07) is 0. The van der Waals surface area contributed by atoms with Crippen molar-refractivity contribution >= 4 is 5.91 Å². The highest BCUT2D eigenvalue weighted by atomic mass is 19.3. The predicted molar refractivity (Wildman–Crippen MR) is 63.3 cm³/mol. The smallest absolute Gasteiger partial charge is 0.248 e. The van der Waals surface area contributed by atoms with Crippen LogP contribution < -0.4 is 0 Å². The van der Waals surface area contributed by atoms with Crippen LogP contribution in [-0.4, -0.2) is 40.5 Å². The van der Waals surface area contributed by atoms with Gasteiger partial charge in [0.2, 0.25) is 11.8 Å². The quantitative estimate of drug-likeness (QED) is 0.846. The van der Waals surface area contributed by atoms with Crippen molar-refractivity contribution in [3.8, 4) is 0 Å². The molecule has 1 saturated heterocycles. The summed E-state index contributed by atoms with van der Waals surface area (Å²) in [5.74, 6) is -2.91. The molecule has 0 aromatic carbocycles. The van der Waals surface area contributed by atoms with Crippen molar-refractivity contribution in [1.29, 1.82) is 0 Å². The number of β-amino-alcohol motifs (C(OH)–C–C–N with tert-alkyl or cyclic N) is 1. The van der Waals surface area contributed by atoms with E-state index in [2.05, 4.69) is 0 Å². The summed E-state index contributed by atoms with van der Waals surface area (Å²) in [6.45, 7) is 2.73. The Bertz CT molecular complexity index is 317. The van der Waals surface area contributed by atoms with Gasteiger partial charge in [-0.2, -0.15) is 0 Å². The van der Waals surface area contributed by atoms with E-state index in [4.69, 9.17) is 0 Å². The number of aliphatic hydroxyl groups is 1. The zero-order valence-corrected chi connectivity index (χ0v) is 10.8. The molecule has 2 fully saturated rings. The van der Waals surface area contributed by atoms with Crippen molar-refractivity contribution in [1.82, 2.24) is 4.90 Å². The standard InChI is InChI=1S/C13H21F2NO2/c1-2-5-12(18)8-16(9-12)11(17)10-3-6-13(14,15)7-4-10/h10,18H,2-9H2,1H3. The molecular formula is C13H21F2NO2. The number of halogens is 2. The molecule has 0 aromatic heterocycles. The fraction of sp³-hybridized carbons (Fsp3) is 0.923. The lowest BCUT2D eigenvalue weighted by molar-refractivity contribution is -0.164. The molecule has 1 N–H and O–H groups in total. The van der Waals surface area contributed by atoms with Gasteiger partial charge in [0.15, 0.2) is 0 Å². The molecule has 1 aliphatic carbocycles. The number of carbonyl (C=O) groups excluding carboxylic acids is 1. The second-order valence-electron chi connectivity index (χ2n) is 5.80. The third kappa shape index (κ3) is 2.82. The number of hydrogen-bond acceptors (Lipinski definition) is 2. The van der Waals surface area contributed by atoms with Gasteiger partial charge >= 0.3 is 0 Å². The van der Waals surface area contributed by atoms with Crippen molar-refractivity contribution in [2.24, 2.45) is 5.92 Å². The molecule has 104 valence electrons. The second kappa shape index (κ2) is 4.76. The fourth-order valence-corrected chi connectivity index (χ4v) is 2.99. The average molecular weight is 261 g/mol. The van der Waals surface area contributed by atoms with Crippen LogP contribution in [0.5, 0.6) is 0 Å². The molecule has 0 bridgehead atoms. The highest BCUT2D eigenvalue weighted by Gasteiger charge is 2.46. The number of nitrogens with zero attached hydrogens (tertiary/aromatic N) is 1. The summed E-state index contributed by atoms with van der Waals surface area (Å²) >= 11 is 0. The summed E-state index contributed by atoms with van der Waals surface area (Å²) in [4.78, 5) is 13.7. The first-order valence-corrected chi connectivity index (χ1v) is 6.74. The summed E-state index contributed by atoms with van der Waals surface area (Å²) in [5.41, 5.74) is -0.733. The minimum atomic E-state index is -2.59. The Hall–Kier alpha value is -0.710. The molecule has 1 heterocycles. The third-order valence-electron chi connectivity index (χ3n) is 4.06. The molecule has 0 spiro atoms. The normalized spacial score (nSPS) is 26.8. The Balaban J connectivity index is 1.81. The van der Waals surface area contributed by atoms with Gasteiger partial charge in [-0.3, -0.25) is 4.79 Å². The molecule has 1 saturated carbocycles. The maximum atomic E-state index is 13.0. The third-order valence-corrected chi connectivity index (χ3v) is 4.06. The van der Waals surface area contributed by atoms with Crippen LogP contribution in [0.2, 0.25) is 0 Å². The van der Waals surface area contributed by atoms with Crippen molar-refractivity contribution in [3.05, 3.63) is 0 Å². The minimum absolute atomic E-state index is 0.0497. The van der Waals surface area contributed by atoms with E-state index in [9.17, 15) is 18.7 Å². The number of carbonyl (C=O) groups is 1. The Morgan fingerprint density at radius 1 is 1.33 bits per heavy atom. The van der Waals surface area contributed by atoms with E-state index in [0.717, 1.165) is 6.42 Å². The first-order valence-electron chi connectivity index (χ1n) is 6.74. The summed E-state index contributed by atoms with van der Waals surface area (Å²) < 4.78 is 26.0. The van der Waals surface area contributed by atoms with E-state index < -0.39 is 11.5 Å². The number of rotatable bonds is 3. The SMILES string of the molecule is CCCC1(O)CN(C(=O)C2CCC(F)(F)CC2)C1. The van der Waals surface area contributed by atoms with E-state index in [1.807, 2.05) is 6.92 Å². The van der Waals surface area contributed by atoms with Gasteiger partial charge in [0, 0.05) is 18.8 Å². The van der Waals surface area contributed by atoms with Gasteiger partial charge in [-0.25, -0.2) is 8.78 Å². The zero-order chi connectivity index (χ0) is 13.4. The molecule has 0 radical (unpaired) electrons. The van der Waals surface area contributed by atoms with E-state index in [0.29, 0.717) is 19.5 Å². The predicted octanol–water partition coefficient (Wildman–Crippen LogP) is 2.19. The first kappa shape index (κ1) is 13.7. The summed E-state index contributed by atoms with van der Waals surface area (Å²) in [6.07, 6.45) is 1.75. The topological polar surface area (TPSA) is 40.5 Å². The monoisotopic (exact) mass is 261 g/mol. The van der Waals surface area contributed by atoms with Crippen LogP contribution >= 0.6 is 0 Å². The molecular weight excluding hydrogens is 240 g/mol. The largest absolute Gasteiger partial charge is 0.386 e. The summed E-state index contributed by atoms with van der Waals surface area (Å²) in [5, 5.41) is 10.00. The molecule has 0 unspecified atom stereocenters. The van der Waals surface area contributed by atoms with Crippen LogP contribution in [0.1, 0.15) is 45.4 Å². The van der Waals surface area contributed by atoms with Gasteiger partial charge in [-0.15, -0.1) is 0 Å². The fourth-order valence-electron chi connectivity index (χ4n) is 2.99. The Morgan fingerprint density at radius 3 is 2.39 bits per heavy atom. The van der Waals surface area contributed by atoms with Gasteiger partial charge in [0.05, 0.1) is 18.7 Å². The van der Waals surface area contributed by atoms with E-state index >= 15 is 0 Å². The van der Waals surface area contributed by atoms with E-state index in [1.165, 1.54) is 0 Å². The molecule has 1 aliphatic heterocycles. The average Bonchev–Trinajstić information content (AvgIpc) is 2.25. The van der Waals surface area contributed by atoms with Crippen LogP contribution in [0.4, 0.5) is 8.78 Å². The minimum Gasteiger partial charge on any atom is -0.386 e. The Morgan fingerprint density at radius 2 is 1.89 bits per heavy atom. The van der Waals surface area contributed by atoms with Crippen LogP contribution in [0.15, 0.2) is 0 Å². The van der Waals surface area contributed by atoms with Gasteiger partial charge < -0.3 is 10.0 Å². The molecule has 5 heteroatoms. The van der Waals surface area contributed by atoms with Gasteiger partial charge in [-0.1, -0.05) is 13.3 Å². The number of hydrogen-bond donors (Lipinski definition) is 1. The van der Waals surface area contributed by atoms with Crippen molar-refractivity contribution in [2.75, 3.05) is 13.1 Å². The van der Waals surface area contributed by atoms with Crippen molar-refractivity contribution < 1.29 is 18.7 Å².